The highest BCUT2D eigenvalue weighted by molar-refractivity contribution is 5.72. The van der Waals surface area contributed by atoms with Gasteiger partial charge >= 0.3 is 5.97 Å². The van der Waals surface area contributed by atoms with E-state index in [9.17, 15) is 4.79 Å². The maximum absolute atomic E-state index is 12.4. The second kappa shape index (κ2) is 7.85. The Hall–Kier alpha value is -2.43. The Morgan fingerprint density at radius 1 is 1.12 bits per heavy atom. The first-order valence-electron chi connectivity index (χ1n) is 9.56. The van der Waals surface area contributed by atoms with E-state index in [2.05, 4.69) is 33.5 Å². The molecule has 0 amide bonds. The molecule has 0 unspecified atom stereocenters. The van der Waals surface area contributed by atoms with E-state index in [4.69, 9.17) is 4.74 Å². The Bertz CT molecular complexity index is 738. The van der Waals surface area contributed by atoms with Crippen LogP contribution < -0.4 is 5.32 Å². The molecule has 1 aromatic heterocycles. The summed E-state index contributed by atoms with van der Waals surface area (Å²) in [5.41, 5.74) is 2.48. The van der Waals surface area contributed by atoms with Gasteiger partial charge in [0.05, 0.1) is 12.1 Å². The quantitative estimate of drug-likeness (QED) is 0.795. The molecule has 0 spiro atoms. The zero-order valence-electron chi connectivity index (χ0n) is 14.9. The third-order valence-corrected chi connectivity index (χ3v) is 5.36. The summed E-state index contributed by atoms with van der Waals surface area (Å²) in [6.07, 6.45) is 11.3. The maximum Gasteiger partial charge on any atom is 0.309 e. The lowest BCUT2D eigenvalue weighted by atomic mass is 9.86. The molecule has 0 saturated heterocycles. The molecule has 0 aliphatic heterocycles. The second-order valence-electron chi connectivity index (χ2n) is 7.41. The van der Waals surface area contributed by atoms with E-state index in [-0.39, 0.29) is 11.9 Å². The summed E-state index contributed by atoms with van der Waals surface area (Å²) in [6, 6.07) is 8.83. The van der Waals surface area contributed by atoms with Gasteiger partial charge in [0, 0.05) is 18.4 Å². The molecule has 2 aromatic rings. The molecule has 4 rings (SSSR count). The minimum absolute atomic E-state index is 0.0153. The first-order chi connectivity index (χ1) is 12.8. The Morgan fingerprint density at radius 2 is 1.96 bits per heavy atom. The molecule has 0 bridgehead atoms. The number of hydrogen-bond acceptors (Lipinski definition) is 5. The number of aromatic nitrogens is 2. The van der Waals surface area contributed by atoms with Gasteiger partial charge in [-0.2, -0.15) is 0 Å². The monoisotopic (exact) mass is 351 g/mol. The molecular formula is C21H25N3O2. The third kappa shape index (κ3) is 4.40. The summed E-state index contributed by atoms with van der Waals surface area (Å²) in [5.74, 6) is 1.48. The molecule has 1 heterocycles. The number of anilines is 1. The van der Waals surface area contributed by atoms with Crippen LogP contribution in [0.15, 0.2) is 42.9 Å². The lowest BCUT2D eigenvalue weighted by Crippen LogP contribution is -2.30. The third-order valence-electron chi connectivity index (χ3n) is 5.36. The summed E-state index contributed by atoms with van der Waals surface area (Å²) in [6.45, 7) is 0.386. The molecule has 2 aliphatic rings. The molecule has 0 atom stereocenters. The Balaban J connectivity index is 1.23. The molecule has 1 N–H and O–H groups in total. The fraction of sp³-hybridized carbons (Fsp3) is 0.476. The first-order valence-corrected chi connectivity index (χ1v) is 9.56. The van der Waals surface area contributed by atoms with Crippen molar-refractivity contribution in [3.63, 3.8) is 0 Å². The smallest absolute Gasteiger partial charge is 0.309 e. The number of ether oxygens (including phenoxy) is 1. The standard InChI is InChI=1S/C21H25N3O2/c25-21(26-14-15-2-1-3-18(12-15)16-4-5-16)17-6-8-19(9-7-17)24-20-13-22-10-11-23-20/h1-3,10-13,16-17,19H,4-9,14H2,(H,23,24). The molecule has 2 aliphatic carbocycles. The number of hydrogen-bond donors (Lipinski definition) is 1. The van der Waals surface area contributed by atoms with Crippen molar-refractivity contribution in [3.8, 4) is 0 Å². The van der Waals surface area contributed by atoms with Crippen molar-refractivity contribution < 1.29 is 9.53 Å². The van der Waals surface area contributed by atoms with E-state index in [1.54, 1.807) is 18.6 Å². The van der Waals surface area contributed by atoms with Crippen LogP contribution in [0.2, 0.25) is 0 Å². The van der Waals surface area contributed by atoms with Crippen molar-refractivity contribution in [1.29, 1.82) is 0 Å². The molecular weight excluding hydrogens is 326 g/mol. The number of benzene rings is 1. The zero-order chi connectivity index (χ0) is 17.8. The van der Waals surface area contributed by atoms with Crippen molar-refractivity contribution in [2.45, 2.75) is 57.1 Å². The summed E-state index contributed by atoms with van der Waals surface area (Å²) >= 11 is 0. The average molecular weight is 351 g/mol. The van der Waals surface area contributed by atoms with Crippen molar-refractivity contribution in [2.24, 2.45) is 5.92 Å². The van der Waals surface area contributed by atoms with Crippen molar-refractivity contribution >= 4 is 11.8 Å². The molecule has 5 heteroatoms. The summed E-state index contributed by atoms with van der Waals surface area (Å²) in [7, 11) is 0. The first kappa shape index (κ1) is 17.0. The van der Waals surface area contributed by atoms with Crippen LogP contribution in [0.25, 0.3) is 0 Å². The van der Waals surface area contributed by atoms with Gasteiger partial charge in [0.25, 0.3) is 0 Å². The molecule has 1 aromatic carbocycles. The van der Waals surface area contributed by atoms with Gasteiger partial charge in [0.1, 0.15) is 12.4 Å². The van der Waals surface area contributed by atoms with Crippen LogP contribution in [0.5, 0.6) is 0 Å². The van der Waals surface area contributed by atoms with Gasteiger partial charge < -0.3 is 10.1 Å². The Kier molecular flexibility index (Phi) is 5.14. The highest BCUT2D eigenvalue weighted by Crippen LogP contribution is 2.40. The van der Waals surface area contributed by atoms with Gasteiger partial charge in [-0.3, -0.25) is 9.78 Å². The highest BCUT2D eigenvalue weighted by Gasteiger charge is 2.28. The van der Waals surface area contributed by atoms with E-state index in [1.165, 1.54) is 18.4 Å². The number of carbonyl (C=O) groups is 1. The van der Waals surface area contributed by atoms with Crippen LogP contribution in [0.4, 0.5) is 5.82 Å². The van der Waals surface area contributed by atoms with Gasteiger partial charge in [-0.05, 0) is 55.6 Å². The fourth-order valence-corrected chi connectivity index (χ4v) is 3.68. The Labute approximate surface area is 154 Å². The fourth-order valence-electron chi connectivity index (χ4n) is 3.68. The van der Waals surface area contributed by atoms with Gasteiger partial charge in [-0.1, -0.05) is 24.3 Å². The van der Waals surface area contributed by atoms with E-state index in [0.29, 0.717) is 12.6 Å². The minimum Gasteiger partial charge on any atom is -0.461 e. The molecule has 0 radical (unpaired) electrons. The van der Waals surface area contributed by atoms with Gasteiger partial charge in [0.15, 0.2) is 0 Å². The van der Waals surface area contributed by atoms with Gasteiger partial charge in [0.2, 0.25) is 0 Å². The predicted octanol–water partition coefficient (Wildman–Crippen LogP) is 4.07. The van der Waals surface area contributed by atoms with Crippen molar-refractivity contribution in [3.05, 3.63) is 54.0 Å². The average Bonchev–Trinajstić information content (AvgIpc) is 3.53. The second-order valence-corrected chi connectivity index (χ2v) is 7.41. The minimum atomic E-state index is -0.0558. The van der Waals surface area contributed by atoms with E-state index in [0.717, 1.165) is 43.0 Å². The molecule has 5 nitrogen and oxygen atoms in total. The van der Waals surface area contributed by atoms with Crippen LogP contribution in [0.3, 0.4) is 0 Å². The van der Waals surface area contributed by atoms with Crippen LogP contribution in [-0.2, 0) is 16.1 Å². The number of rotatable bonds is 6. The van der Waals surface area contributed by atoms with Crippen LogP contribution in [0, 0.1) is 5.92 Å². The lowest BCUT2D eigenvalue weighted by molar-refractivity contribution is -0.151. The molecule has 26 heavy (non-hydrogen) atoms. The molecule has 136 valence electrons. The SMILES string of the molecule is O=C(OCc1cccc(C2CC2)c1)C1CCC(Nc2cnccn2)CC1. The lowest BCUT2D eigenvalue weighted by Gasteiger charge is -2.28. The number of carbonyl (C=O) groups excluding carboxylic acids is 1. The summed E-state index contributed by atoms with van der Waals surface area (Å²) < 4.78 is 5.59. The summed E-state index contributed by atoms with van der Waals surface area (Å²) in [4.78, 5) is 20.7. The number of nitrogens with zero attached hydrogens (tertiary/aromatic N) is 2. The predicted molar refractivity (Wildman–Crippen MR) is 99.6 cm³/mol. The normalized spacial score (nSPS) is 22.6. The topological polar surface area (TPSA) is 64.1 Å². The van der Waals surface area contributed by atoms with Crippen molar-refractivity contribution in [2.75, 3.05) is 5.32 Å². The highest BCUT2D eigenvalue weighted by atomic mass is 16.5. The molecule has 2 fully saturated rings. The maximum atomic E-state index is 12.4. The van der Waals surface area contributed by atoms with Crippen molar-refractivity contribution in [1.82, 2.24) is 9.97 Å². The van der Waals surface area contributed by atoms with E-state index >= 15 is 0 Å². The van der Waals surface area contributed by atoms with Crippen LogP contribution in [0.1, 0.15) is 55.6 Å². The number of nitrogens with one attached hydrogen (secondary N) is 1. The van der Waals surface area contributed by atoms with Gasteiger partial charge in [-0.25, -0.2) is 4.98 Å². The van der Waals surface area contributed by atoms with Crippen LogP contribution in [-0.4, -0.2) is 22.0 Å². The summed E-state index contributed by atoms with van der Waals surface area (Å²) in [5, 5.41) is 3.40. The van der Waals surface area contributed by atoms with E-state index < -0.39 is 0 Å². The van der Waals surface area contributed by atoms with Crippen LogP contribution >= 0.6 is 0 Å². The zero-order valence-corrected chi connectivity index (χ0v) is 14.9. The van der Waals surface area contributed by atoms with Gasteiger partial charge in [-0.15, -0.1) is 0 Å². The number of esters is 1. The molecule has 2 saturated carbocycles. The largest absolute Gasteiger partial charge is 0.461 e. The Morgan fingerprint density at radius 3 is 2.69 bits per heavy atom. The van der Waals surface area contributed by atoms with E-state index in [1.807, 2.05) is 6.07 Å².